The molecule has 22 heavy (non-hydrogen) atoms. The van der Waals surface area contributed by atoms with Crippen molar-refractivity contribution in [2.24, 2.45) is 0 Å². The van der Waals surface area contributed by atoms with Crippen LogP contribution >= 0.6 is 0 Å². The first-order valence-corrected chi connectivity index (χ1v) is 7.87. The summed E-state index contributed by atoms with van der Waals surface area (Å²) in [5, 5.41) is 3.30. The van der Waals surface area contributed by atoms with Gasteiger partial charge in [0.15, 0.2) is 0 Å². The first-order chi connectivity index (χ1) is 10.7. The van der Waals surface area contributed by atoms with Crippen LogP contribution in [0.1, 0.15) is 25.0 Å². The molecule has 3 heteroatoms. The summed E-state index contributed by atoms with van der Waals surface area (Å²) >= 11 is 0. The molecule has 3 rings (SSSR count). The third-order valence-corrected chi connectivity index (χ3v) is 4.52. The Bertz CT molecular complexity index is 668. The summed E-state index contributed by atoms with van der Waals surface area (Å²) < 4.78 is 0. The summed E-state index contributed by atoms with van der Waals surface area (Å²) in [6.07, 6.45) is 0. The van der Waals surface area contributed by atoms with E-state index in [-0.39, 0.29) is 5.91 Å². The van der Waals surface area contributed by atoms with E-state index >= 15 is 0 Å². The molecule has 2 aromatic rings. The number of rotatable bonds is 5. The highest BCUT2D eigenvalue weighted by Crippen LogP contribution is 2.45. The van der Waals surface area contributed by atoms with Crippen LogP contribution in [0.2, 0.25) is 0 Å². The molecule has 0 radical (unpaired) electrons. The zero-order valence-corrected chi connectivity index (χ0v) is 13.2. The second-order valence-electron chi connectivity index (χ2n) is 5.82. The predicted octanol–water partition coefficient (Wildman–Crippen LogP) is 2.95. The number of nitrogens with one attached hydrogen (secondary N) is 1. The molecule has 0 aliphatic carbocycles. The molecule has 1 heterocycles. The number of carbonyl (C=O) groups is 1. The maximum absolute atomic E-state index is 13.2. The molecule has 1 aliphatic heterocycles. The number of hydrogen-bond acceptors (Lipinski definition) is 2. The van der Waals surface area contributed by atoms with Crippen LogP contribution in [0.5, 0.6) is 0 Å². The first kappa shape index (κ1) is 14.8. The fraction of sp³-hybridized carbons (Fsp3) is 0.316. The maximum Gasteiger partial charge on any atom is 0.241 e. The van der Waals surface area contributed by atoms with Crippen LogP contribution in [-0.4, -0.2) is 25.5 Å². The highest BCUT2D eigenvalue weighted by molar-refractivity contribution is 6.10. The maximum atomic E-state index is 13.2. The summed E-state index contributed by atoms with van der Waals surface area (Å²) in [5.74, 6) is 0.165. The van der Waals surface area contributed by atoms with E-state index in [1.165, 1.54) is 0 Å². The van der Waals surface area contributed by atoms with Gasteiger partial charge in [0.1, 0.15) is 0 Å². The third kappa shape index (κ3) is 2.22. The summed E-state index contributed by atoms with van der Waals surface area (Å²) in [4.78, 5) is 15.1. The largest absolute Gasteiger partial charge is 0.315 e. The Morgan fingerprint density at radius 3 is 2.45 bits per heavy atom. The normalized spacial score (nSPS) is 20.3. The van der Waals surface area contributed by atoms with Gasteiger partial charge in [-0.3, -0.25) is 4.79 Å². The van der Waals surface area contributed by atoms with Gasteiger partial charge in [-0.2, -0.15) is 0 Å². The van der Waals surface area contributed by atoms with Crippen LogP contribution in [-0.2, 0) is 10.2 Å². The van der Waals surface area contributed by atoms with Gasteiger partial charge in [-0.05, 0) is 30.7 Å². The van der Waals surface area contributed by atoms with Gasteiger partial charge < -0.3 is 10.2 Å². The Hall–Kier alpha value is -2.13. The van der Waals surface area contributed by atoms with E-state index < -0.39 is 5.41 Å². The minimum atomic E-state index is -0.593. The zero-order valence-electron chi connectivity index (χ0n) is 13.2. The number of para-hydroxylation sites is 1. The molecule has 0 bridgehead atoms. The van der Waals surface area contributed by atoms with Crippen molar-refractivity contribution in [3.05, 3.63) is 65.7 Å². The lowest BCUT2D eigenvalue weighted by molar-refractivity contribution is -0.121. The van der Waals surface area contributed by atoms with Gasteiger partial charge in [0.2, 0.25) is 5.91 Å². The lowest BCUT2D eigenvalue weighted by Crippen LogP contribution is -2.41. The molecule has 0 spiro atoms. The van der Waals surface area contributed by atoms with Crippen LogP contribution in [0.25, 0.3) is 0 Å². The van der Waals surface area contributed by atoms with Crippen LogP contribution in [0.3, 0.4) is 0 Å². The number of anilines is 1. The average Bonchev–Trinajstić information content (AvgIpc) is 2.79. The topological polar surface area (TPSA) is 32.3 Å². The fourth-order valence-electron chi connectivity index (χ4n) is 3.27. The van der Waals surface area contributed by atoms with E-state index in [1.807, 2.05) is 60.4 Å². The van der Waals surface area contributed by atoms with Crippen molar-refractivity contribution in [3.8, 4) is 0 Å². The highest BCUT2D eigenvalue weighted by atomic mass is 16.2. The molecule has 2 aromatic carbocycles. The van der Waals surface area contributed by atoms with Crippen LogP contribution in [0.15, 0.2) is 54.6 Å². The van der Waals surface area contributed by atoms with Crippen molar-refractivity contribution in [2.45, 2.75) is 19.3 Å². The molecule has 0 aromatic heterocycles. The number of fused-ring (bicyclic) bond motifs is 1. The number of nitrogens with zero attached hydrogens (tertiary/aromatic N) is 1. The van der Waals surface area contributed by atoms with Gasteiger partial charge in [-0.25, -0.2) is 0 Å². The Morgan fingerprint density at radius 1 is 1.05 bits per heavy atom. The van der Waals surface area contributed by atoms with Crippen LogP contribution < -0.4 is 10.2 Å². The molecule has 3 nitrogen and oxygen atoms in total. The van der Waals surface area contributed by atoms with Crippen molar-refractivity contribution in [3.63, 3.8) is 0 Å². The van der Waals surface area contributed by atoms with Gasteiger partial charge in [-0.15, -0.1) is 0 Å². The molecule has 114 valence electrons. The van der Waals surface area contributed by atoms with Crippen molar-refractivity contribution in [1.82, 2.24) is 5.32 Å². The van der Waals surface area contributed by atoms with Crippen molar-refractivity contribution < 1.29 is 4.79 Å². The molecular formula is C19H22N2O. The molecule has 0 saturated heterocycles. The predicted molar refractivity (Wildman–Crippen MR) is 90.2 cm³/mol. The van der Waals surface area contributed by atoms with E-state index in [9.17, 15) is 4.79 Å². The van der Waals surface area contributed by atoms with Gasteiger partial charge in [0, 0.05) is 18.8 Å². The average molecular weight is 294 g/mol. The van der Waals surface area contributed by atoms with Crippen LogP contribution in [0.4, 0.5) is 5.69 Å². The van der Waals surface area contributed by atoms with E-state index in [2.05, 4.69) is 18.3 Å². The minimum Gasteiger partial charge on any atom is -0.315 e. The van der Waals surface area contributed by atoms with E-state index in [1.54, 1.807) is 0 Å². The number of amides is 1. The van der Waals surface area contributed by atoms with E-state index in [4.69, 9.17) is 0 Å². The number of likely N-dealkylation sites (N-methyl/N-ethyl adjacent to an activating group) is 1. The summed E-state index contributed by atoms with van der Waals surface area (Å²) in [6.45, 7) is 6.54. The lowest BCUT2D eigenvalue weighted by atomic mass is 9.77. The van der Waals surface area contributed by atoms with Gasteiger partial charge in [0.25, 0.3) is 0 Å². The van der Waals surface area contributed by atoms with Gasteiger partial charge >= 0.3 is 0 Å². The second-order valence-corrected chi connectivity index (χ2v) is 5.82. The van der Waals surface area contributed by atoms with E-state index in [0.717, 1.165) is 29.9 Å². The molecule has 1 amide bonds. The monoisotopic (exact) mass is 294 g/mol. The molecular weight excluding hydrogens is 272 g/mol. The van der Waals surface area contributed by atoms with Crippen molar-refractivity contribution in [1.29, 1.82) is 0 Å². The fourth-order valence-corrected chi connectivity index (χ4v) is 3.27. The van der Waals surface area contributed by atoms with Gasteiger partial charge in [0.05, 0.1) is 5.41 Å². The SMILES string of the molecule is CCNCCN1C(=O)C(C)(c2ccccc2)c2ccccc21. The minimum absolute atomic E-state index is 0.165. The smallest absolute Gasteiger partial charge is 0.241 e. The summed E-state index contributed by atoms with van der Waals surface area (Å²) in [7, 11) is 0. The summed E-state index contributed by atoms with van der Waals surface area (Å²) in [6, 6.07) is 18.2. The summed E-state index contributed by atoms with van der Waals surface area (Å²) in [5.41, 5.74) is 2.60. The molecule has 0 fully saturated rings. The number of benzene rings is 2. The van der Waals surface area contributed by atoms with Gasteiger partial charge in [-0.1, -0.05) is 55.5 Å². The Kier molecular flexibility index (Phi) is 3.99. The second kappa shape index (κ2) is 5.93. The zero-order chi connectivity index (χ0) is 15.6. The Balaban J connectivity index is 2.04. The highest BCUT2D eigenvalue weighted by Gasteiger charge is 2.47. The number of carbonyl (C=O) groups excluding carboxylic acids is 1. The van der Waals surface area contributed by atoms with Crippen molar-refractivity contribution >= 4 is 11.6 Å². The molecule has 1 atom stereocenters. The van der Waals surface area contributed by atoms with Crippen LogP contribution in [0, 0.1) is 0 Å². The number of hydrogen-bond donors (Lipinski definition) is 1. The molecule has 1 N–H and O–H groups in total. The quantitative estimate of drug-likeness (QED) is 0.860. The Morgan fingerprint density at radius 2 is 1.73 bits per heavy atom. The molecule has 1 unspecified atom stereocenters. The molecule has 1 aliphatic rings. The third-order valence-electron chi connectivity index (χ3n) is 4.52. The van der Waals surface area contributed by atoms with E-state index in [0.29, 0.717) is 6.54 Å². The Labute approximate surface area is 132 Å². The molecule has 0 saturated carbocycles. The lowest BCUT2D eigenvalue weighted by Gasteiger charge is -2.25. The standard InChI is InChI=1S/C19H22N2O/c1-3-20-13-14-21-17-12-8-7-11-16(17)19(2,18(21)22)15-9-5-4-6-10-15/h4-12,20H,3,13-14H2,1-2H3. The van der Waals surface area contributed by atoms with Crippen molar-refractivity contribution in [2.75, 3.05) is 24.5 Å². The first-order valence-electron chi connectivity index (χ1n) is 7.87.